The lowest BCUT2D eigenvalue weighted by atomic mass is 10.1. The van der Waals surface area contributed by atoms with Crippen LogP contribution in [0.5, 0.6) is 0 Å². The summed E-state index contributed by atoms with van der Waals surface area (Å²) in [5.74, 6) is -0.255. The predicted molar refractivity (Wildman–Crippen MR) is 57.5 cm³/mol. The van der Waals surface area contributed by atoms with E-state index >= 15 is 0 Å². The van der Waals surface area contributed by atoms with Crippen LogP contribution in [0.3, 0.4) is 0 Å². The third kappa shape index (κ3) is 1.94. The van der Waals surface area contributed by atoms with Gasteiger partial charge in [-0.05, 0) is 30.7 Å². The Morgan fingerprint density at radius 2 is 2.40 bits per heavy atom. The Bertz CT molecular complexity index is 390. The molecule has 0 fully saturated rings. The van der Waals surface area contributed by atoms with Gasteiger partial charge in [0, 0.05) is 13.6 Å². The molecule has 0 atom stereocenters. The number of nitrogens with one attached hydrogen (secondary N) is 1. The van der Waals surface area contributed by atoms with E-state index in [-0.39, 0.29) is 5.97 Å². The van der Waals surface area contributed by atoms with Gasteiger partial charge < -0.3 is 10.2 Å². The van der Waals surface area contributed by atoms with E-state index in [2.05, 4.69) is 5.43 Å². The van der Waals surface area contributed by atoms with Crippen LogP contribution in [0, 0.1) is 0 Å². The lowest BCUT2D eigenvalue weighted by molar-refractivity contribution is 0.0526. The van der Waals surface area contributed by atoms with E-state index in [1.807, 2.05) is 24.2 Å². The van der Waals surface area contributed by atoms with Crippen LogP contribution in [-0.4, -0.2) is 24.6 Å². The smallest absolute Gasteiger partial charge is 0.338 e. The molecule has 15 heavy (non-hydrogen) atoms. The minimum absolute atomic E-state index is 0.255. The highest BCUT2D eigenvalue weighted by Crippen LogP contribution is 2.25. The first-order chi connectivity index (χ1) is 7.20. The van der Waals surface area contributed by atoms with E-state index in [4.69, 9.17) is 4.74 Å². The molecular weight excluding hydrogens is 192 g/mol. The number of rotatable bonds is 2. The molecule has 4 nitrogen and oxygen atoms in total. The average molecular weight is 206 g/mol. The SMILES string of the molecule is CCOC(=O)c1ccc2c(c1)CN(C)N2. The van der Waals surface area contributed by atoms with Crippen LogP contribution in [0.1, 0.15) is 22.8 Å². The van der Waals surface area contributed by atoms with Gasteiger partial charge in [0.05, 0.1) is 17.9 Å². The molecule has 0 spiro atoms. The quantitative estimate of drug-likeness (QED) is 0.747. The van der Waals surface area contributed by atoms with Crippen LogP contribution < -0.4 is 5.43 Å². The van der Waals surface area contributed by atoms with Gasteiger partial charge in [-0.2, -0.15) is 0 Å². The molecule has 1 aliphatic heterocycles. The maximum atomic E-state index is 11.5. The Labute approximate surface area is 88.8 Å². The highest BCUT2D eigenvalue weighted by Gasteiger charge is 2.17. The van der Waals surface area contributed by atoms with Crippen LogP contribution in [0.2, 0.25) is 0 Å². The number of fused-ring (bicyclic) bond motifs is 1. The number of carbonyl (C=O) groups is 1. The number of esters is 1. The van der Waals surface area contributed by atoms with Crippen LogP contribution in [0.25, 0.3) is 0 Å². The second-order valence-corrected chi connectivity index (χ2v) is 3.56. The first-order valence-electron chi connectivity index (χ1n) is 4.98. The standard InChI is InChI=1S/C11H14N2O2/c1-3-15-11(14)8-4-5-10-9(6-8)7-13(2)12-10/h4-6,12H,3,7H2,1-2H3. The van der Waals surface area contributed by atoms with Crippen LogP contribution in [0.4, 0.5) is 5.69 Å². The summed E-state index contributed by atoms with van der Waals surface area (Å²) in [5, 5.41) is 1.97. The lowest BCUT2D eigenvalue weighted by Crippen LogP contribution is -2.16. The van der Waals surface area contributed by atoms with Gasteiger partial charge in [0.25, 0.3) is 0 Å². The Kier molecular flexibility index (Phi) is 2.60. The first-order valence-corrected chi connectivity index (χ1v) is 4.98. The van der Waals surface area contributed by atoms with E-state index < -0.39 is 0 Å². The Morgan fingerprint density at radius 1 is 1.60 bits per heavy atom. The van der Waals surface area contributed by atoms with Gasteiger partial charge in [-0.25, -0.2) is 9.80 Å². The van der Waals surface area contributed by atoms with Gasteiger partial charge in [-0.1, -0.05) is 0 Å². The molecular formula is C11H14N2O2. The Balaban J connectivity index is 2.23. The summed E-state index contributed by atoms with van der Waals surface area (Å²) in [4.78, 5) is 11.5. The van der Waals surface area contributed by atoms with Gasteiger partial charge in [0.15, 0.2) is 0 Å². The van der Waals surface area contributed by atoms with Gasteiger partial charge in [-0.3, -0.25) is 0 Å². The molecule has 0 radical (unpaired) electrons. The van der Waals surface area contributed by atoms with Crippen LogP contribution in [-0.2, 0) is 11.3 Å². The van der Waals surface area contributed by atoms with Crippen LogP contribution >= 0.6 is 0 Å². The van der Waals surface area contributed by atoms with Crippen molar-refractivity contribution < 1.29 is 9.53 Å². The fourth-order valence-corrected chi connectivity index (χ4v) is 1.68. The maximum absolute atomic E-state index is 11.5. The minimum atomic E-state index is -0.255. The van der Waals surface area contributed by atoms with E-state index in [0.717, 1.165) is 17.8 Å². The summed E-state index contributed by atoms with van der Waals surface area (Å²) >= 11 is 0. The molecule has 1 aromatic carbocycles. The van der Waals surface area contributed by atoms with Crippen molar-refractivity contribution in [3.8, 4) is 0 Å². The fraction of sp³-hybridized carbons (Fsp3) is 0.364. The topological polar surface area (TPSA) is 41.6 Å². The summed E-state index contributed by atoms with van der Waals surface area (Å²) in [6.45, 7) is 3.03. The first kappa shape index (κ1) is 9.98. The summed E-state index contributed by atoms with van der Waals surface area (Å²) in [7, 11) is 1.96. The van der Waals surface area contributed by atoms with Gasteiger partial charge in [0.1, 0.15) is 0 Å². The molecule has 1 N–H and O–H groups in total. The number of ether oxygens (including phenoxy) is 1. The number of nitrogens with zero attached hydrogens (tertiary/aromatic N) is 1. The maximum Gasteiger partial charge on any atom is 0.338 e. The zero-order chi connectivity index (χ0) is 10.8. The monoisotopic (exact) mass is 206 g/mol. The van der Waals surface area contributed by atoms with Crippen molar-refractivity contribution >= 4 is 11.7 Å². The number of hydrogen-bond acceptors (Lipinski definition) is 4. The second kappa shape index (κ2) is 3.90. The Hall–Kier alpha value is -1.55. The molecule has 0 aliphatic carbocycles. The lowest BCUT2D eigenvalue weighted by Gasteiger charge is -2.06. The van der Waals surface area contributed by atoms with Crippen molar-refractivity contribution in [1.82, 2.24) is 5.01 Å². The highest BCUT2D eigenvalue weighted by atomic mass is 16.5. The van der Waals surface area contributed by atoms with Gasteiger partial charge >= 0.3 is 5.97 Å². The molecule has 4 heteroatoms. The largest absolute Gasteiger partial charge is 0.462 e. The predicted octanol–water partition coefficient (Wildman–Crippen LogP) is 1.64. The van der Waals surface area contributed by atoms with Gasteiger partial charge in [-0.15, -0.1) is 0 Å². The Morgan fingerprint density at radius 3 is 3.13 bits per heavy atom. The summed E-state index contributed by atoms with van der Waals surface area (Å²) in [6.07, 6.45) is 0. The molecule has 80 valence electrons. The summed E-state index contributed by atoms with van der Waals surface area (Å²) in [5.41, 5.74) is 5.98. The molecule has 0 saturated carbocycles. The fourth-order valence-electron chi connectivity index (χ4n) is 1.68. The highest BCUT2D eigenvalue weighted by molar-refractivity contribution is 5.90. The number of benzene rings is 1. The molecule has 1 aromatic rings. The molecule has 1 aliphatic rings. The van der Waals surface area contributed by atoms with Crippen molar-refractivity contribution in [3.63, 3.8) is 0 Å². The van der Waals surface area contributed by atoms with E-state index in [1.54, 1.807) is 13.0 Å². The van der Waals surface area contributed by atoms with Crippen molar-refractivity contribution in [1.29, 1.82) is 0 Å². The zero-order valence-corrected chi connectivity index (χ0v) is 8.91. The molecule has 0 aromatic heterocycles. The van der Waals surface area contributed by atoms with Crippen molar-refractivity contribution in [2.45, 2.75) is 13.5 Å². The number of anilines is 1. The molecule has 0 amide bonds. The molecule has 2 rings (SSSR count). The van der Waals surface area contributed by atoms with E-state index in [0.29, 0.717) is 12.2 Å². The van der Waals surface area contributed by atoms with Crippen molar-refractivity contribution in [2.75, 3.05) is 19.1 Å². The zero-order valence-electron chi connectivity index (χ0n) is 8.91. The number of hydrogen-bond donors (Lipinski definition) is 1. The second-order valence-electron chi connectivity index (χ2n) is 3.56. The summed E-state index contributed by atoms with van der Waals surface area (Å²) in [6, 6.07) is 5.57. The molecule has 0 bridgehead atoms. The summed E-state index contributed by atoms with van der Waals surface area (Å²) < 4.78 is 4.94. The number of hydrazine groups is 1. The average Bonchev–Trinajstić information content (AvgIpc) is 2.57. The van der Waals surface area contributed by atoms with Crippen LogP contribution in [0.15, 0.2) is 18.2 Å². The normalized spacial score (nSPS) is 14.5. The molecule has 1 heterocycles. The third-order valence-electron chi connectivity index (χ3n) is 2.34. The number of carbonyl (C=O) groups excluding carboxylic acids is 1. The van der Waals surface area contributed by atoms with Gasteiger partial charge in [0.2, 0.25) is 0 Å². The van der Waals surface area contributed by atoms with E-state index in [9.17, 15) is 4.79 Å². The minimum Gasteiger partial charge on any atom is -0.462 e. The van der Waals surface area contributed by atoms with Crippen molar-refractivity contribution in [3.05, 3.63) is 29.3 Å². The third-order valence-corrected chi connectivity index (χ3v) is 2.34. The molecule has 0 saturated heterocycles. The molecule has 0 unspecified atom stereocenters. The van der Waals surface area contributed by atoms with E-state index in [1.165, 1.54) is 0 Å². The van der Waals surface area contributed by atoms with Crippen molar-refractivity contribution in [2.24, 2.45) is 0 Å².